The van der Waals surface area contributed by atoms with E-state index in [4.69, 9.17) is 0 Å². The van der Waals surface area contributed by atoms with Gasteiger partial charge in [-0.15, -0.1) is 11.3 Å². The fourth-order valence-electron chi connectivity index (χ4n) is 4.08. The maximum atomic E-state index is 13.5. The van der Waals surface area contributed by atoms with Gasteiger partial charge in [-0.3, -0.25) is 14.6 Å². The van der Waals surface area contributed by atoms with E-state index in [-0.39, 0.29) is 22.4 Å². The number of hydrogen-bond acceptors (Lipinski definition) is 7. The van der Waals surface area contributed by atoms with Crippen molar-refractivity contribution in [3.63, 3.8) is 0 Å². The molecule has 1 amide bonds. The first-order chi connectivity index (χ1) is 18.8. The second-order valence-corrected chi connectivity index (χ2v) is 11.9. The average Bonchev–Trinajstić information content (AvgIpc) is 3.69. The molecule has 3 aromatic heterocycles. The number of H-pyrrole nitrogens is 1. The number of aromatic nitrogens is 5. The Morgan fingerprint density at radius 1 is 1.13 bits per heavy atom. The summed E-state index contributed by atoms with van der Waals surface area (Å²) in [6.45, 7) is 0.453. The molecule has 2 N–H and O–H groups in total. The highest BCUT2D eigenvalue weighted by atomic mass is 32.2. The van der Waals surface area contributed by atoms with Gasteiger partial charge >= 0.3 is 0 Å². The van der Waals surface area contributed by atoms with Gasteiger partial charge in [0.1, 0.15) is 10.8 Å². The molecule has 39 heavy (non-hydrogen) atoms. The summed E-state index contributed by atoms with van der Waals surface area (Å²) < 4.78 is 42.0. The van der Waals surface area contributed by atoms with Crippen LogP contribution in [0.3, 0.4) is 0 Å². The number of carbonyl (C=O) groups is 1. The van der Waals surface area contributed by atoms with Gasteiger partial charge in [0, 0.05) is 48.9 Å². The van der Waals surface area contributed by atoms with Gasteiger partial charge in [0.15, 0.2) is 9.84 Å². The van der Waals surface area contributed by atoms with E-state index in [2.05, 4.69) is 25.6 Å². The summed E-state index contributed by atoms with van der Waals surface area (Å²) in [6.07, 6.45) is 8.31. The van der Waals surface area contributed by atoms with Gasteiger partial charge in [-0.05, 0) is 66.9 Å². The van der Waals surface area contributed by atoms with Crippen LogP contribution in [-0.4, -0.2) is 45.8 Å². The summed E-state index contributed by atoms with van der Waals surface area (Å²) in [6, 6.07) is 12.1. The fraction of sp³-hybridized carbons (Fsp3) is 0.185. The molecule has 0 aliphatic rings. The van der Waals surface area contributed by atoms with Gasteiger partial charge in [-0.1, -0.05) is 0 Å². The highest BCUT2D eigenvalue weighted by molar-refractivity contribution is 7.90. The van der Waals surface area contributed by atoms with Gasteiger partial charge in [0.2, 0.25) is 0 Å². The molecule has 12 heteroatoms. The van der Waals surface area contributed by atoms with Crippen molar-refractivity contribution in [2.75, 3.05) is 6.54 Å². The van der Waals surface area contributed by atoms with Crippen molar-refractivity contribution in [3.8, 4) is 21.0 Å². The Morgan fingerprint density at radius 2 is 1.95 bits per heavy atom. The number of amides is 1. The maximum absolute atomic E-state index is 13.5. The zero-order chi connectivity index (χ0) is 27.4. The number of rotatable bonds is 10. The molecule has 0 saturated carbocycles. The smallest absolute Gasteiger partial charge is 0.251 e. The van der Waals surface area contributed by atoms with E-state index in [1.54, 1.807) is 54.6 Å². The molecule has 5 aromatic rings. The standard InChI is InChI=1S/C27H25FN6O3S2/c1-34-12-10-22(33-34)17-39(36,37)25-9-6-20(26(35)29-11-2-3-18-14-31-32-15-18)13-23(25)24-16-30-27(38-24)19-4-7-21(28)8-5-19/h4-10,12-16H,2-3,11,17H2,1H3,(H,29,35)(H,31,32). The Morgan fingerprint density at radius 3 is 2.67 bits per heavy atom. The van der Waals surface area contributed by atoms with Crippen LogP contribution in [0.25, 0.3) is 21.0 Å². The lowest BCUT2D eigenvalue weighted by atomic mass is 10.1. The maximum Gasteiger partial charge on any atom is 0.251 e. The van der Waals surface area contributed by atoms with Crippen molar-refractivity contribution in [2.24, 2.45) is 7.05 Å². The average molecular weight is 565 g/mol. The van der Waals surface area contributed by atoms with E-state index in [9.17, 15) is 17.6 Å². The van der Waals surface area contributed by atoms with Gasteiger partial charge in [-0.2, -0.15) is 10.2 Å². The molecule has 200 valence electrons. The van der Waals surface area contributed by atoms with Crippen molar-refractivity contribution in [3.05, 3.63) is 96.0 Å². The molecule has 5 rings (SSSR count). The Balaban J connectivity index is 1.44. The number of nitrogens with one attached hydrogen (secondary N) is 2. The minimum absolute atomic E-state index is 0.0824. The van der Waals surface area contributed by atoms with E-state index in [0.717, 1.165) is 18.4 Å². The quantitative estimate of drug-likeness (QED) is 0.242. The Labute approximate surface area is 228 Å². The van der Waals surface area contributed by atoms with Crippen molar-refractivity contribution in [1.29, 1.82) is 0 Å². The van der Waals surface area contributed by atoms with E-state index in [0.29, 0.717) is 38.8 Å². The molecule has 2 aromatic carbocycles. The molecule has 0 fully saturated rings. The number of benzene rings is 2. The molecule has 0 spiro atoms. The van der Waals surface area contributed by atoms with Gasteiger partial charge in [0.05, 0.1) is 27.4 Å². The third kappa shape index (κ3) is 6.29. The molecular weight excluding hydrogens is 539 g/mol. The lowest BCUT2D eigenvalue weighted by Gasteiger charge is -2.11. The summed E-state index contributed by atoms with van der Waals surface area (Å²) >= 11 is 1.27. The molecule has 0 aliphatic heterocycles. The first kappa shape index (κ1) is 26.4. The third-order valence-corrected chi connectivity index (χ3v) is 8.81. The normalized spacial score (nSPS) is 11.5. The highest BCUT2D eigenvalue weighted by Crippen LogP contribution is 2.37. The third-order valence-electron chi connectivity index (χ3n) is 6.03. The van der Waals surface area contributed by atoms with Crippen molar-refractivity contribution < 1.29 is 17.6 Å². The van der Waals surface area contributed by atoms with Crippen LogP contribution in [0.5, 0.6) is 0 Å². The number of sulfone groups is 1. The number of nitrogens with zero attached hydrogens (tertiary/aromatic N) is 4. The van der Waals surface area contributed by atoms with Crippen LogP contribution in [0, 0.1) is 5.82 Å². The summed E-state index contributed by atoms with van der Waals surface area (Å²) in [5.74, 6) is -0.952. The Kier molecular flexibility index (Phi) is 7.66. The van der Waals surface area contributed by atoms with Gasteiger partial charge < -0.3 is 5.32 Å². The molecule has 0 atom stereocenters. The number of aryl methyl sites for hydroxylation is 2. The van der Waals surface area contributed by atoms with Crippen LogP contribution >= 0.6 is 11.3 Å². The molecular formula is C27H25FN6O3S2. The summed E-state index contributed by atoms with van der Waals surface area (Å²) in [5, 5.41) is 14.4. The monoisotopic (exact) mass is 564 g/mol. The molecule has 0 aliphatic carbocycles. The predicted molar refractivity (Wildman–Crippen MR) is 146 cm³/mol. The molecule has 0 saturated heterocycles. The SMILES string of the molecule is Cn1ccc(CS(=O)(=O)c2ccc(C(=O)NCCCc3cn[nH]c3)cc2-c2cnc(-c3ccc(F)cc3)s2)n1. The lowest BCUT2D eigenvalue weighted by Crippen LogP contribution is -2.25. The van der Waals surface area contributed by atoms with Crippen LogP contribution < -0.4 is 5.32 Å². The van der Waals surface area contributed by atoms with Crippen LogP contribution in [0.1, 0.15) is 28.0 Å². The van der Waals surface area contributed by atoms with Gasteiger partial charge in [0.25, 0.3) is 5.91 Å². The minimum atomic E-state index is -3.82. The molecule has 0 bridgehead atoms. The first-order valence-corrected chi connectivity index (χ1v) is 14.6. The summed E-state index contributed by atoms with van der Waals surface area (Å²) in [5.41, 5.74) is 2.89. The molecule has 3 heterocycles. The highest BCUT2D eigenvalue weighted by Gasteiger charge is 2.24. The predicted octanol–water partition coefficient (Wildman–Crippen LogP) is 4.41. The number of halogens is 1. The zero-order valence-electron chi connectivity index (χ0n) is 21.0. The number of aromatic amines is 1. The molecule has 0 unspecified atom stereocenters. The molecule has 9 nitrogen and oxygen atoms in total. The van der Waals surface area contributed by atoms with E-state index in [1.165, 1.54) is 35.6 Å². The van der Waals surface area contributed by atoms with Crippen molar-refractivity contribution in [1.82, 2.24) is 30.3 Å². The summed E-state index contributed by atoms with van der Waals surface area (Å²) in [4.78, 5) is 18.1. The number of carbonyl (C=O) groups excluding carboxylic acids is 1. The van der Waals surface area contributed by atoms with Crippen LogP contribution in [0.15, 0.2) is 78.2 Å². The van der Waals surface area contributed by atoms with Gasteiger partial charge in [-0.25, -0.2) is 17.8 Å². The number of thiazole rings is 1. The fourth-order valence-corrected chi connectivity index (χ4v) is 6.58. The van der Waals surface area contributed by atoms with Crippen molar-refractivity contribution >= 4 is 27.1 Å². The number of hydrogen-bond donors (Lipinski definition) is 2. The van der Waals surface area contributed by atoms with E-state index < -0.39 is 9.84 Å². The molecule has 0 radical (unpaired) electrons. The minimum Gasteiger partial charge on any atom is -0.352 e. The second kappa shape index (κ2) is 11.3. The Bertz CT molecular complexity index is 1690. The van der Waals surface area contributed by atoms with Crippen LogP contribution in [0.2, 0.25) is 0 Å². The summed E-state index contributed by atoms with van der Waals surface area (Å²) in [7, 11) is -2.09. The topological polar surface area (TPSA) is 123 Å². The van der Waals surface area contributed by atoms with Crippen molar-refractivity contribution in [2.45, 2.75) is 23.5 Å². The first-order valence-electron chi connectivity index (χ1n) is 12.1. The van der Waals surface area contributed by atoms with E-state index >= 15 is 0 Å². The van der Waals surface area contributed by atoms with Crippen LogP contribution in [-0.2, 0) is 29.1 Å². The largest absolute Gasteiger partial charge is 0.352 e. The Hall–Kier alpha value is -4.16. The second-order valence-electron chi connectivity index (χ2n) is 8.95. The zero-order valence-corrected chi connectivity index (χ0v) is 22.6. The van der Waals surface area contributed by atoms with E-state index in [1.807, 2.05) is 6.20 Å². The van der Waals surface area contributed by atoms with Crippen LogP contribution in [0.4, 0.5) is 4.39 Å². The lowest BCUT2D eigenvalue weighted by molar-refractivity contribution is 0.0953.